The summed E-state index contributed by atoms with van der Waals surface area (Å²) in [6.45, 7) is 2.04. The highest BCUT2D eigenvalue weighted by Crippen LogP contribution is 2.33. The van der Waals surface area contributed by atoms with Gasteiger partial charge in [0.1, 0.15) is 11.9 Å². The van der Waals surface area contributed by atoms with Crippen LogP contribution in [0.1, 0.15) is 33.1 Å². The van der Waals surface area contributed by atoms with E-state index in [4.69, 9.17) is 0 Å². The summed E-state index contributed by atoms with van der Waals surface area (Å²) in [7, 11) is 0. The molecule has 0 fully saturated rings. The zero-order chi connectivity index (χ0) is 22.1. The fraction of sp³-hybridized carbons (Fsp3) is 0.0800. The molecule has 1 aliphatic rings. The highest BCUT2D eigenvalue weighted by atomic mass is 19.1. The Kier molecular flexibility index (Phi) is 4.99. The fourth-order valence-corrected chi connectivity index (χ4v) is 3.65. The monoisotopic (exact) mass is 425 g/mol. The van der Waals surface area contributed by atoms with Crippen molar-refractivity contribution in [2.75, 3.05) is 10.6 Å². The first-order valence-electron chi connectivity index (χ1n) is 10.2. The van der Waals surface area contributed by atoms with E-state index in [1.54, 1.807) is 10.7 Å². The van der Waals surface area contributed by atoms with Crippen molar-refractivity contribution in [2.45, 2.75) is 13.0 Å². The van der Waals surface area contributed by atoms with Gasteiger partial charge in [-0.3, -0.25) is 10.1 Å². The number of carbonyl (C=O) groups is 1. The second-order valence-electron chi connectivity index (χ2n) is 7.56. The number of hydrogen-bond acceptors (Lipinski definition) is 4. The lowest BCUT2D eigenvalue weighted by molar-refractivity contribution is 0.102. The molecule has 0 spiro atoms. The molecule has 1 unspecified atom stereocenters. The molecule has 0 aliphatic carbocycles. The molecule has 6 nitrogen and oxygen atoms in total. The lowest BCUT2D eigenvalue weighted by Gasteiger charge is -2.24. The number of rotatable bonds is 4. The van der Waals surface area contributed by atoms with Gasteiger partial charge in [0, 0.05) is 5.70 Å². The van der Waals surface area contributed by atoms with Crippen molar-refractivity contribution in [1.29, 1.82) is 0 Å². The maximum atomic E-state index is 14.0. The smallest absolute Gasteiger partial charge is 0.261 e. The average molecular weight is 425 g/mol. The van der Waals surface area contributed by atoms with Crippen LogP contribution in [0.3, 0.4) is 0 Å². The number of aryl methyl sites for hydroxylation is 1. The van der Waals surface area contributed by atoms with Crippen LogP contribution in [0.25, 0.3) is 5.70 Å². The summed E-state index contributed by atoms with van der Waals surface area (Å²) in [5.41, 5.74) is 4.04. The quantitative estimate of drug-likeness (QED) is 0.481. The van der Waals surface area contributed by atoms with Crippen molar-refractivity contribution in [3.05, 3.63) is 113 Å². The van der Waals surface area contributed by atoms with Crippen LogP contribution in [0.15, 0.2) is 84.9 Å². The summed E-state index contributed by atoms with van der Waals surface area (Å²) in [5, 5.41) is 10.4. The topological polar surface area (TPSA) is 71.8 Å². The maximum absolute atomic E-state index is 14.0. The van der Waals surface area contributed by atoms with Crippen molar-refractivity contribution in [1.82, 2.24) is 14.8 Å². The van der Waals surface area contributed by atoms with Crippen LogP contribution in [0.2, 0.25) is 0 Å². The number of halogens is 1. The first kappa shape index (κ1) is 19.7. The number of carbonyl (C=O) groups excluding carboxylic acids is 1. The number of anilines is 2. The summed E-state index contributed by atoms with van der Waals surface area (Å²) >= 11 is 0. The van der Waals surface area contributed by atoms with E-state index in [1.807, 2.05) is 49.4 Å². The van der Waals surface area contributed by atoms with Crippen LogP contribution >= 0.6 is 0 Å². The van der Waals surface area contributed by atoms with E-state index in [0.29, 0.717) is 5.95 Å². The molecule has 1 amide bonds. The Morgan fingerprint density at radius 2 is 1.72 bits per heavy atom. The van der Waals surface area contributed by atoms with Gasteiger partial charge in [0.2, 0.25) is 5.95 Å². The number of nitrogens with one attached hydrogen (secondary N) is 2. The molecule has 1 atom stereocenters. The lowest BCUT2D eigenvalue weighted by atomic mass is 10.0. The third kappa shape index (κ3) is 3.76. The molecular formula is C25H20FN5O. The molecule has 7 heteroatoms. The van der Waals surface area contributed by atoms with Gasteiger partial charge in [0.05, 0.1) is 5.56 Å². The SMILES string of the molecule is Cc1ccc(C2=CC(c3ccccc3)n3nc(NC(=O)c4ccccc4F)nc3N2)cc1. The highest BCUT2D eigenvalue weighted by molar-refractivity contribution is 6.03. The molecule has 0 saturated carbocycles. The first-order valence-corrected chi connectivity index (χ1v) is 10.2. The van der Waals surface area contributed by atoms with Crippen molar-refractivity contribution >= 4 is 23.5 Å². The van der Waals surface area contributed by atoms with Crippen LogP contribution in [0.5, 0.6) is 0 Å². The van der Waals surface area contributed by atoms with Gasteiger partial charge in [0.25, 0.3) is 11.9 Å². The van der Waals surface area contributed by atoms with Gasteiger partial charge in [-0.15, -0.1) is 5.10 Å². The number of nitrogens with zero attached hydrogens (tertiary/aromatic N) is 3. The van der Waals surface area contributed by atoms with Crippen molar-refractivity contribution in [3.8, 4) is 0 Å². The number of amides is 1. The van der Waals surface area contributed by atoms with E-state index in [1.165, 1.54) is 23.8 Å². The third-order valence-electron chi connectivity index (χ3n) is 5.31. The average Bonchev–Trinajstić information content (AvgIpc) is 3.22. The van der Waals surface area contributed by atoms with Crippen LogP contribution < -0.4 is 10.6 Å². The second kappa shape index (κ2) is 8.11. The Balaban J connectivity index is 1.51. The zero-order valence-corrected chi connectivity index (χ0v) is 17.3. The minimum atomic E-state index is -0.603. The maximum Gasteiger partial charge on any atom is 0.261 e. The van der Waals surface area contributed by atoms with E-state index < -0.39 is 11.7 Å². The van der Waals surface area contributed by atoms with Crippen molar-refractivity contribution < 1.29 is 9.18 Å². The second-order valence-corrected chi connectivity index (χ2v) is 7.56. The van der Waals surface area contributed by atoms with Gasteiger partial charge in [-0.1, -0.05) is 72.3 Å². The van der Waals surface area contributed by atoms with Gasteiger partial charge in [-0.05, 0) is 36.3 Å². The van der Waals surface area contributed by atoms with E-state index in [9.17, 15) is 9.18 Å². The summed E-state index contributed by atoms with van der Waals surface area (Å²) in [5.74, 6) is -0.618. The highest BCUT2D eigenvalue weighted by Gasteiger charge is 2.26. The van der Waals surface area contributed by atoms with E-state index in [2.05, 4.69) is 38.9 Å². The van der Waals surface area contributed by atoms with Crippen LogP contribution in [0, 0.1) is 12.7 Å². The molecule has 0 bridgehead atoms. The Bertz CT molecular complexity index is 1310. The first-order chi connectivity index (χ1) is 15.6. The molecule has 2 heterocycles. The largest absolute Gasteiger partial charge is 0.324 e. The Morgan fingerprint density at radius 3 is 2.47 bits per heavy atom. The molecule has 158 valence electrons. The van der Waals surface area contributed by atoms with Crippen LogP contribution in [0.4, 0.5) is 16.3 Å². The normalized spacial score (nSPS) is 14.8. The predicted molar refractivity (Wildman–Crippen MR) is 122 cm³/mol. The van der Waals surface area contributed by atoms with Crippen molar-refractivity contribution in [2.24, 2.45) is 0 Å². The van der Waals surface area contributed by atoms with E-state index in [-0.39, 0.29) is 17.6 Å². The molecule has 0 saturated heterocycles. The zero-order valence-electron chi connectivity index (χ0n) is 17.3. The minimum Gasteiger partial charge on any atom is -0.324 e. The molecule has 0 radical (unpaired) electrons. The minimum absolute atomic E-state index is 0.0636. The molecule has 1 aromatic heterocycles. The molecule has 2 N–H and O–H groups in total. The van der Waals surface area contributed by atoms with E-state index in [0.717, 1.165) is 16.8 Å². The van der Waals surface area contributed by atoms with Gasteiger partial charge in [-0.25, -0.2) is 9.07 Å². The number of aromatic nitrogens is 3. The fourth-order valence-electron chi connectivity index (χ4n) is 3.65. The third-order valence-corrected chi connectivity index (χ3v) is 5.31. The number of hydrogen-bond donors (Lipinski definition) is 2. The summed E-state index contributed by atoms with van der Waals surface area (Å²) in [4.78, 5) is 17.0. The van der Waals surface area contributed by atoms with Crippen LogP contribution in [-0.4, -0.2) is 20.7 Å². The number of benzene rings is 3. The van der Waals surface area contributed by atoms with Gasteiger partial charge >= 0.3 is 0 Å². The summed E-state index contributed by atoms with van der Waals surface area (Å²) in [6.07, 6.45) is 2.07. The Hall–Kier alpha value is -4.26. The van der Waals surface area contributed by atoms with Crippen molar-refractivity contribution in [3.63, 3.8) is 0 Å². The lowest BCUT2D eigenvalue weighted by Crippen LogP contribution is -2.20. The molecule has 5 rings (SSSR count). The number of fused-ring (bicyclic) bond motifs is 1. The molecule has 32 heavy (non-hydrogen) atoms. The molecule has 3 aromatic carbocycles. The predicted octanol–water partition coefficient (Wildman–Crippen LogP) is 5.03. The van der Waals surface area contributed by atoms with Crippen LogP contribution in [-0.2, 0) is 0 Å². The van der Waals surface area contributed by atoms with Gasteiger partial charge < -0.3 is 5.32 Å². The standard InChI is InChI=1S/C25H20FN5O/c1-16-11-13-17(14-12-16)21-15-22(18-7-3-2-4-8-18)31-25(27-21)29-24(30-31)28-23(32)19-9-5-6-10-20(19)26/h2-15,22H,1H3,(H2,27,28,29,30,32). The Morgan fingerprint density at radius 1 is 1.00 bits per heavy atom. The van der Waals surface area contributed by atoms with Gasteiger partial charge in [-0.2, -0.15) is 4.98 Å². The molecule has 4 aromatic rings. The molecule has 1 aliphatic heterocycles. The van der Waals surface area contributed by atoms with Gasteiger partial charge in [0.15, 0.2) is 0 Å². The summed E-state index contributed by atoms with van der Waals surface area (Å²) in [6, 6.07) is 23.7. The number of allylic oxidation sites excluding steroid dienone is 1. The summed E-state index contributed by atoms with van der Waals surface area (Å²) < 4.78 is 15.7. The Labute approximate surface area is 184 Å². The molecular weight excluding hydrogens is 405 g/mol. The van der Waals surface area contributed by atoms with E-state index >= 15 is 0 Å².